The lowest BCUT2D eigenvalue weighted by atomic mass is 10.1. The molecule has 0 unspecified atom stereocenters. The molecule has 92 valence electrons. The topological polar surface area (TPSA) is 108 Å². The maximum Gasteiger partial charge on any atom is 0.348 e. The molecule has 0 aliphatic heterocycles. The minimum Gasteiger partial charge on any atom is -0.507 e. The van der Waals surface area contributed by atoms with Crippen molar-refractivity contribution in [2.24, 2.45) is 0 Å². The highest BCUT2D eigenvalue weighted by Gasteiger charge is 2.11. The first-order chi connectivity index (χ1) is 8.49. The molecule has 6 nitrogen and oxygen atoms in total. The molecule has 0 spiro atoms. The summed E-state index contributed by atoms with van der Waals surface area (Å²) in [6.45, 7) is 0. The number of carboxylic acids is 1. The highest BCUT2D eigenvalue weighted by Crippen LogP contribution is 2.20. The fourth-order valence-corrected chi connectivity index (χ4v) is 1.23. The number of hydrogen-bond acceptors (Lipinski definition) is 5. The zero-order chi connectivity index (χ0) is 13.7. The van der Waals surface area contributed by atoms with Crippen LogP contribution in [0.25, 0.3) is 6.08 Å². The predicted molar refractivity (Wildman–Crippen MR) is 60.7 cm³/mol. The number of nitrogens with zero attached hydrogens (tertiary/aromatic N) is 1. The van der Waals surface area contributed by atoms with Gasteiger partial charge in [0.1, 0.15) is 23.0 Å². The van der Waals surface area contributed by atoms with Gasteiger partial charge in [0.2, 0.25) is 0 Å². The van der Waals surface area contributed by atoms with Crippen LogP contribution < -0.4 is 0 Å². The molecule has 0 saturated carbocycles. The van der Waals surface area contributed by atoms with Crippen molar-refractivity contribution in [1.29, 1.82) is 5.26 Å². The maximum absolute atomic E-state index is 11.1. The van der Waals surface area contributed by atoms with Crippen molar-refractivity contribution in [1.82, 2.24) is 0 Å². The molecule has 0 saturated heterocycles. The van der Waals surface area contributed by atoms with Crippen LogP contribution in [0.1, 0.15) is 15.9 Å². The number of aromatic carboxylic acids is 1. The number of hydrogen-bond donors (Lipinski definition) is 2. The second-order valence-electron chi connectivity index (χ2n) is 3.24. The van der Waals surface area contributed by atoms with E-state index >= 15 is 0 Å². The Hall–Kier alpha value is -2.81. The molecule has 0 bridgehead atoms. The van der Waals surface area contributed by atoms with Crippen LogP contribution in [0.5, 0.6) is 5.75 Å². The largest absolute Gasteiger partial charge is 0.507 e. The van der Waals surface area contributed by atoms with Crippen molar-refractivity contribution < 1.29 is 24.5 Å². The number of phenols is 1. The van der Waals surface area contributed by atoms with Crippen LogP contribution in [0.4, 0.5) is 0 Å². The van der Waals surface area contributed by atoms with E-state index in [4.69, 9.17) is 10.4 Å². The number of aromatic hydroxyl groups is 1. The summed E-state index contributed by atoms with van der Waals surface area (Å²) in [5.74, 6) is -2.52. The number of carboxylic acid groups (broad SMARTS) is 1. The predicted octanol–water partition coefficient (Wildman–Crippen LogP) is 1.17. The van der Waals surface area contributed by atoms with Crippen LogP contribution in [-0.2, 0) is 9.53 Å². The van der Waals surface area contributed by atoms with Crippen LogP contribution in [0, 0.1) is 11.3 Å². The molecule has 0 fully saturated rings. The van der Waals surface area contributed by atoms with Crippen molar-refractivity contribution in [3.8, 4) is 11.8 Å². The van der Waals surface area contributed by atoms with E-state index in [-0.39, 0.29) is 11.1 Å². The summed E-state index contributed by atoms with van der Waals surface area (Å²) in [6.07, 6.45) is 1.19. The molecule has 18 heavy (non-hydrogen) atoms. The van der Waals surface area contributed by atoms with E-state index in [2.05, 4.69) is 4.74 Å². The second-order valence-corrected chi connectivity index (χ2v) is 3.24. The number of ether oxygens (including phenoxy) is 1. The van der Waals surface area contributed by atoms with Gasteiger partial charge in [0, 0.05) is 0 Å². The molecule has 0 heterocycles. The summed E-state index contributed by atoms with van der Waals surface area (Å²) in [4.78, 5) is 21.8. The van der Waals surface area contributed by atoms with Gasteiger partial charge in [-0.25, -0.2) is 9.59 Å². The van der Waals surface area contributed by atoms with Gasteiger partial charge in [-0.05, 0) is 23.8 Å². The molecule has 0 aliphatic carbocycles. The van der Waals surface area contributed by atoms with E-state index in [9.17, 15) is 14.7 Å². The van der Waals surface area contributed by atoms with Gasteiger partial charge in [0.25, 0.3) is 0 Å². The third-order valence-corrected chi connectivity index (χ3v) is 2.09. The number of carbonyl (C=O) groups excluding carboxylic acids is 1. The molecule has 1 aromatic carbocycles. The maximum atomic E-state index is 11.1. The monoisotopic (exact) mass is 247 g/mol. The van der Waals surface area contributed by atoms with Gasteiger partial charge < -0.3 is 14.9 Å². The molecular formula is C12H9NO5. The Morgan fingerprint density at radius 1 is 1.44 bits per heavy atom. The van der Waals surface area contributed by atoms with Crippen LogP contribution in [0.2, 0.25) is 0 Å². The SMILES string of the molecule is COC(=O)/C(C#N)=C/c1ccc(C(=O)O)c(O)c1. The van der Waals surface area contributed by atoms with E-state index < -0.39 is 17.7 Å². The van der Waals surface area contributed by atoms with Gasteiger partial charge in [0.15, 0.2) is 0 Å². The number of benzene rings is 1. The zero-order valence-electron chi connectivity index (χ0n) is 9.38. The normalized spacial score (nSPS) is 10.6. The highest BCUT2D eigenvalue weighted by molar-refractivity contribution is 5.98. The molecule has 0 radical (unpaired) electrons. The fraction of sp³-hybridized carbons (Fsp3) is 0.0833. The van der Waals surface area contributed by atoms with Crippen molar-refractivity contribution >= 4 is 18.0 Å². The van der Waals surface area contributed by atoms with Crippen LogP contribution in [0.3, 0.4) is 0 Å². The Morgan fingerprint density at radius 3 is 2.56 bits per heavy atom. The third-order valence-electron chi connectivity index (χ3n) is 2.09. The van der Waals surface area contributed by atoms with Gasteiger partial charge in [-0.2, -0.15) is 5.26 Å². The lowest BCUT2D eigenvalue weighted by Gasteiger charge is -2.01. The quantitative estimate of drug-likeness (QED) is 0.471. The van der Waals surface area contributed by atoms with Gasteiger partial charge in [0.05, 0.1) is 7.11 Å². The van der Waals surface area contributed by atoms with Gasteiger partial charge in [-0.3, -0.25) is 0 Å². The van der Waals surface area contributed by atoms with E-state index in [0.717, 1.165) is 13.2 Å². The summed E-state index contributed by atoms with van der Waals surface area (Å²) in [6, 6.07) is 5.33. The molecular weight excluding hydrogens is 238 g/mol. The Morgan fingerprint density at radius 2 is 2.11 bits per heavy atom. The molecule has 0 atom stereocenters. The summed E-state index contributed by atoms with van der Waals surface area (Å²) in [7, 11) is 1.14. The lowest BCUT2D eigenvalue weighted by molar-refractivity contribution is -0.135. The number of carbonyl (C=O) groups is 2. The van der Waals surface area contributed by atoms with Crippen molar-refractivity contribution in [2.45, 2.75) is 0 Å². The Balaban J connectivity index is 3.17. The molecule has 1 rings (SSSR count). The smallest absolute Gasteiger partial charge is 0.348 e. The average Bonchev–Trinajstić information content (AvgIpc) is 2.34. The first-order valence-electron chi connectivity index (χ1n) is 4.76. The average molecular weight is 247 g/mol. The van der Waals surface area contributed by atoms with Crippen LogP contribution >= 0.6 is 0 Å². The highest BCUT2D eigenvalue weighted by atomic mass is 16.5. The summed E-state index contributed by atoms with van der Waals surface area (Å²) >= 11 is 0. The lowest BCUT2D eigenvalue weighted by Crippen LogP contribution is -2.02. The Bertz CT molecular complexity index is 568. The third kappa shape index (κ3) is 2.86. The molecule has 1 aromatic rings. The van der Waals surface area contributed by atoms with E-state index in [1.165, 1.54) is 18.2 Å². The minimum absolute atomic E-state index is 0.250. The Kier molecular flexibility index (Phi) is 4.05. The molecule has 0 aromatic heterocycles. The van der Waals surface area contributed by atoms with E-state index in [0.29, 0.717) is 5.56 Å². The van der Waals surface area contributed by atoms with Crippen molar-refractivity contribution in [2.75, 3.05) is 7.11 Å². The minimum atomic E-state index is -1.27. The standard InChI is InChI=1S/C12H9NO5/c1-18-12(17)8(6-13)4-7-2-3-9(11(15)16)10(14)5-7/h2-5,14H,1H3,(H,15,16)/b8-4+. The molecule has 0 amide bonds. The van der Waals surface area contributed by atoms with Crippen LogP contribution in [-0.4, -0.2) is 29.3 Å². The number of rotatable bonds is 3. The molecule has 0 aliphatic rings. The number of methoxy groups -OCH3 is 1. The van der Waals surface area contributed by atoms with E-state index in [1.807, 2.05) is 0 Å². The van der Waals surface area contributed by atoms with Crippen LogP contribution in [0.15, 0.2) is 23.8 Å². The van der Waals surface area contributed by atoms with E-state index in [1.54, 1.807) is 6.07 Å². The summed E-state index contributed by atoms with van der Waals surface area (Å²) in [5, 5.41) is 26.9. The summed E-state index contributed by atoms with van der Waals surface area (Å²) < 4.78 is 4.38. The zero-order valence-corrected chi connectivity index (χ0v) is 9.38. The summed E-state index contributed by atoms with van der Waals surface area (Å²) in [5.41, 5.74) is -0.192. The first kappa shape index (κ1) is 13.3. The second kappa shape index (κ2) is 5.50. The molecule has 2 N–H and O–H groups in total. The molecule has 6 heteroatoms. The van der Waals surface area contributed by atoms with Gasteiger partial charge in [-0.1, -0.05) is 6.07 Å². The Labute approximate surface area is 102 Å². The first-order valence-corrected chi connectivity index (χ1v) is 4.76. The number of nitriles is 1. The van der Waals surface area contributed by atoms with Gasteiger partial charge >= 0.3 is 11.9 Å². The van der Waals surface area contributed by atoms with Crippen molar-refractivity contribution in [3.63, 3.8) is 0 Å². The van der Waals surface area contributed by atoms with Gasteiger partial charge in [-0.15, -0.1) is 0 Å². The van der Waals surface area contributed by atoms with Crippen molar-refractivity contribution in [3.05, 3.63) is 34.9 Å². The number of esters is 1. The fourth-order valence-electron chi connectivity index (χ4n) is 1.23.